The van der Waals surface area contributed by atoms with Crippen LogP contribution in [-0.4, -0.2) is 28.0 Å². The molecule has 0 saturated carbocycles. The van der Waals surface area contributed by atoms with Crippen LogP contribution in [0.25, 0.3) is 10.8 Å². The van der Waals surface area contributed by atoms with Crippen LogP contribution in [0.4, 0.5) is 5.69 Å². The second-order valence-corrected chi connectivity index (χ2v) is 5.88. The van der Waals surface area contributed by atoms with Gasteiger partial charge < -0.3 is 0 Å². The van der Waals surface area contributed by atoms with Gasteiger partial charge in [-0.2, -0.15) is 10.1 Å². The number of nitrogens with zero attached hydrogens (tertiary/aromatic N) is 3. The van der Waals surface area contributed by atoms with Crippen LogP contribution in [0, 0.1) is 16.0 Å². The first-order valence-electron chi connectivity index (χ1n) is 8.12. The third-order valence-corrected chi connectivity index (χ3v) is 4.50. The number of carbonyl (C=O) groups excluding carboxylic acids is 2. The van der Waals surface area contributed by atoms with Crippen LogP contribution in [-0.2, 0) is 0 Å². The Balaban J connectivity index is 2.15. The van der Waals surface area contributed by atoms with E-state index in [1.807, 2.05) is 13.8 Å². The quantitative estimate of drug-likeness (QED) is 0.359. The Morgan fingerprint density at radius 3 is 2.36 bits per heavy atom. The highest BCUT2D eigenvalue weighted by Crippen LogP contribution is 2.35. The summed E-state index contributed by atoms with van der Waals surface area (Å²) in [6.45, 7) is 4.02. The van der Waals surface area contributed by atoms with Gasteiger partial charge in [-0.05, 0) is 37.0 Å². The number of imide groups is 1. The number of carbonyl (C=O) groups is 2. The fourth-order valence-corrected chi connectivity index (χ4v) is 2.99. The van der Waals surface area contributed by atoms with E-state index in [2.05, 4.69) is 5.10 Å². The van der Waals surface area contributed by atoms with E-state index in [-0.39, 0.29) is 28.1 Å². The highest BCUT2D eigenvalue weighted by molar-refractivity contribution is 6.26. The van der Waals surface area contributed by atoms with Crippen LogP contribution in [0.3, 0.4) is 0 Å². The Morgan fingerprint density at radius 2 is 1.76 bits per heavy atom. The monoisotopic (exact) mass is 339 g/mol. The summed E-state index contributed by atoms with van der Waals surface area (Å²) in [6, 6.07) is 7.36. The Morgan fingerprint density at radius 1 is 1.12 bits per heavy atom. The van der Waals surface area contributed by atoms with Gasteiger partial charge in [0.05, 0.1) is 21.4 Å². The van der Waals surface area contributed by atoms with E-state index in [0.717, 1.165) is 17.9 Å². The van der Waals surface area contributed by atoms with Crippen molar-refractivity contribution in [2.75, 3.05) is 0 Å². The number of nitro benzene ring substituents is 1. The summed E-state index contributed by atoms with van der Waals surface area (Å²) >= 11 is 0. The Labute approximate surface area is 144 Å². The van der Waals surface area contributed by atoms with Crippen molar-refractivity contribution >= 4 is 34.5 Å². The second-order valence-electron chi connectivity index (χ2n) is 5.88. The van der Waals surface area contributed by atoms with Gasteiger partial charge in [0, 0.05) is 17.7 Å². The maximum atomic E-state index is 12.7. The minimum Gasteiger partial charge on any atom is -0.267 e. The fourth-order valence-electron chi connectivity index (χ4n) is 2.99. The molecule has 128 valence electrons. The molecule has 2 amide bonds. The van der Waals surface area contributed by atoms with Gasteiger partial charge in [0.15, 0.2) is 0 Å². The molecule has 0 atom stereocenters. The summed E-state index contributed by atoms with van der Waals surface area (Å²) in [6.07, 6.45) is 3.33. The van der Waals surface area contributed by atoms with Crippen molar-refractivity contribution in [3.63, 3.8) is 0 Å². The highest BCUT2D eigenvalue weighted by Gasteiger charge is 2.34. The first kappa shape index (κ1) is 16.8. The molecule has 0 aliphatic carbocycles. The summed E-state index contributed by atoms with van der Waals surface area (Å²) in [5, 5.41) is 16.8. The molecule has 2 aromatic rings. The topological polar surface area (TPSA) is 92.9 Å². The zero-order chi connectivity index (χ0) is 18.1. The van der Waals surface area contributed by atoms with Gasteiger partial charge in [-0.3, -0.25) is 19.7 Å². The molecule has 0 aromatic heterocycles. The molecule has 3 rings (SSSR count). The highest BCUT2D eigenvalue weighted by atomic mass is 16.6. The maximum absolute atomic E-state index is 12.7. The van der Waals surface area contributed by atoms with Crippen molar-refractivity contribution in [3.05, 3.63) is 51.6 Å². The molecular weight excluding hydrogens is 322 g/mol. The van der Waals surface area contributed by atoms with Gasteiger partial charge in [-0.25, -0.2) is 0 Å². The first-order chi connectivity index (χ1) is 12.0. The summed E-state index contributed by atoms with van der Waals surface area (Å²) in [5.41, 5.74) is 0.366. The molecule has 0 saturated heterocycles. The molecule has 0 N–H and O–H groups in total. The van der Waals surface area contributed by atoms with Crippen LogP contribution in [0.5, 0.6) is 0 Å². The largest absolute Gasteiger partial charge is 0.282 e. The average Bonchev–Trinajstić information content (AvgIpc) is 2.62. The van der Waals surface area contributed by atoms with Crippen molar-refractivity contribution in [3.8, 4) is 0 Å². The van der Waals surface area contributed by atoms with Crippen molar-refractivity contribution in [1.29, 1.82) is 0 Å². The normalized spacial score (nSPS) is 14.1. The molecule has 0 fully saturated rings. The van der Waals surface area contributed by atoms with Crippen LogP contribution in [0.2, 0.25) is 0 Å². The lowest BCUT2D eigenvalue weighted by molar-refractivity contribution is -0.383. The van der Waals surface area contributed by atoms with E-state index in [1.54, 1.807) is 24.4 Å². The van der Waals surface area contributed by atoms with Crippen molar-refractivity contribution in [2.24, 2.45) is 11.0 Å². The number of amides is 2. The summed E-state index contributed by atoms with van der Waals surface area (Å²) < 4.78 is 0. The van der Waals surface area contributed by atoms with Crippen molar-refractivity contribution < 1.29 is 14.5 Å². The van der Waals surface area contributed by atoms with Gasteiger partial charge >= 0.3 is 0 Å². The molecule has 25 heavy (non-hydrogen) atoms. The average molecular weight is 339 g/mol. The van der Waals surface area contributed by atoms with Gasteiger partial charge in [0.25, 0.3) is 17.5 Å². The summed E-state index contributed by atoms with van der Waals surface area (Å²) in [5.74, 6) is -0.953. The van der Waals surface area contributed by atoms with E-state index >= 15 is 0 Å². The number of nitro groups is 1. The zero-order valence-corrected chi connectivity index (χ0v) is 13.9. The van der Waals surface area contributed by atoms with E-state index in [1.165, 1.54) is 12.1 Å². The van der Waals surface area contributed by atoms with Crippen molar-refractivity contribution in [2.45, 2.75) is 26.7 Å². The SMILES string of the molecule is CCC(C=NN1C(=O)c2cccc3c([N+](=O)[O-])ccc(c23)C1=O)CC. The molecule has 0 radical (unpaired) electrons. The van der Waals surface area contributed by atoms with E-state index in [0.29, 0.717) is 5.39 Å². The molecule has 1 aliphatic rings. The molecule has 1 aliphatic heterocycles. The second kappa shape index (κ2) is 6.43. The maximum Gasteiger partial charge on any atom is 0.282 e. The standard InChI is InChI=1S/C18H17N3O4/c1-3-11(4-2)10-19-20-17(22)13-7-5-6-12-15(21(24)25)9-8-14(16(12)13)18(20)23/h5-11H,3-4H2,1-2H3. The molecule has 0 spiro atoms. The van der Waals surface area contributed by atoms with Crippen molar-refractivity contribution in [1.82, 2.24) is 5.01 Å². The lowest BCUT2D eigenvalue weighted by atomic mass is 9.94. The summed E-state index contributed by atoms with van der Waals surface area (Å²) in [4.78, 5) is 36.1. The zero-order valence-electron chi connectivity index (χ0n) is 13.9. The summed E-state index contributed by atoms with van der Waals surface area (Å²) in [7, 11) is 0. The Bertz CT molecular complexity index is 894. The molecule has 7 heteroatoms. The van der Waals surface area contributed by atoms with Crippen LogP contribution in [0.1, 0.15) is 47.4 Å². The predicted octanol–water partition coefficient (Wildman–Crippen LogP) is 3.77. The molecule has 1 heterocycles. The Kier molecular flexibility index (Phi) is 4.31. The molecule has 7 nitrogen and oxygen atoms in total. The van der Waals surface area contributed by atoms with Gasteiger partial charge in [-0.15, -0.1) is 0 Å². The number of non-ortho nitro benzene ring substituents is 1. The van der Waals surface area contributed by atoms with Crippen LogP contribution >= 0.6 is 0 Å². The number of rotatable bonds is 5. The Hall–Kier alpha value is -3.09. The van der Waals surface area contributed by atoms with E-state index < -0.39 is 16.7 Å². The first-order valence-corrected chi connectivity index (χ1v) is 8.12. The van der Waals surface area contributed by atoms with Gasteiger partial charge in [0.1, 0.15) is 0 Å². The number of hydrogen-bond donors (Lipinski definition) is 0. The lowest BCUT2D eigenvalue weighted by Gasteiger charge is -2.23. The number of benzene rings is 2. The van der Waals surface area contributed by atoms with Crippen LogP contribution in [0.15, 0.2) is 35.4 Å². The van der Waals surface area contributed by atoms with E-state index in [9.17, 15) is 19.7 Å². The smallest absolute Gasteiger partial charge is 0.267 e. The molecule has 0 unspecified atom stereocenters. The predicted molar refractivity (Wildman–Crippen MR) is 93.7 cm³/mol. The third kappa shape index (κ3) is 2.67. The van der Waals surface area contributed by atoms with Gasteiger partial charge in [-0.1, -0.05) is 19.9 Å². The third-order valence-electron chi connectivity index (χ3n) is 4.50. The minimum absolute atomic E-state index is 0.129. The molecular formula is C18H17N3O4. The van der Waals surface area contributed by atoms with Gasteiger partial charge in [0.2, 0.25) is 0 Å². The number of hydrazone groups is 1. The minimum atomic E-state index is -0.564. The number of hydrogen-bond acceptors (Lipinski definition) is 5. The molecule has 0 bridgehead atoms. The van der Waals surface area contributed by atoms with E-state index in [4.69, 9.17) is 0 Å². The fraction of sp³-hybridized carbons (Fsp3) is 0.278. The molecule has 2 aromatic carbocycles. The lowest BCUT2D eigenvalue weighted by Crippen LogP contribution is -2.36. The van der Waals surface area contributed by atoms with Crippen LogP contribution < -0.4 is 0 Å².